The summed E-state index contributed by atoms with van der Waals surface area (Å²) in [5, 5.41) is 15.5. The van der Waals surface area contributed by atoms with E-state index in [0.717, 1.165) is 48.8 Å². The Balaban J connectivity index is 2.43. The Morgan fingerprint density at radius 3 is 2.38 bits per heavy atom. The molecule has 0 spiro atoms. The van der Waals surface area contributed by atoms with Crippen molar-refractivity contribution in [1.29, 1.82) is 0 Å². The number of amides is 3. The number of carbonyl (C=O) groups excluding carboxylic acids is 3. The number of nitrogens with one attached hydrogen (secondary N) is 2. The molecule has 3 amide bonds. The van der Waals surface area contributed by atoms with Gasteiger partial charge in [-0.25, -0.2) is 4.79 Å². The summed E-state index contributed by atoms with van der Waals surface area (Å²) in [6.07, 6.45) is 3.47. The fraction of sp³-hybridized carbons (Fsp3) is 0.654. The molecule has 190 valence electrons. The fourth-order valence-electron chi connectivity index (χ4n) is 4.03. The fourth-order valence-corrected chi connectivity index (χ4v) is 4.03. The average molecular weight is 476 g/mol. The summed E-state index contributed by atoms with van der Waals surface area (Å²) in [7, 11) is 0. The molecule has 2 atom stereocenters. The van der Waals surface area contributed by atoms with Crippen molar-refractivity contribution in [2.24, 2.45) is 0 Å². The van der Waals surface area contributed by atoms with Crippen LogP contribution in [0, 0.1) is 13.8 Å². The largest absolute Gasteiger partial charge is 0.444 e. The number of ether oxygens (including phenoxy) is 1. The lowest BCUT2D eigenvalue weighted by atomic mass is 9.87. The van der Waals surface area contributed by atoms with Crippen LogP contribution in [0.25, 0.3) is 0 Å². The van der Waals surface area contributed by atoms with E-state index in [-0.39, 0.29) is 11.9 Å². The molecule has 2 unspecified atom stereocenters. The zero-order valence-electron chi connectivity index (χ0n) is 21.4. The molecule has 8 nitrogen and oxygen atoms in total. The maximum absolute atomic E-state index is 13.8. The van der Waals surface area contributed by atoms with E-state index in [0.29, 0.717) is 6.54 Å². The third-order valence-corrected chi connectivity index (χ3v) is 5.97. The quantitative estimate of drug-likeness (QED) is 0.449. The predicted molar refractivity (Wildman–Crippen MR) is 131 cm³/mol. The number of carbonyl (C=O) groups is 3. The number of aryl methyl sites for hydroxylation is 2. The second kappa shape index (κ2) is 12.2. The van der Waals surface area contributed by atoms with Crippen LogP contribution in [0.15, 0.2) is 18.2 Å². The molecule has 1 saturated carbocycles. The molecular weight excluding hydrogens is 434 g/mol. The Bertz CT molecular complexity index is 860. The summed E-state index contributed by atoms with van der Waals surface area (Å²) < 4.78 is 5.28. The van der Waals surface area contributed by atoms with Crippen LogP contribution in [0.5, 0.6) is 0 Å². The van der Waals surface area contributed by atoms with Crippen LogP contribution in [0.2, 0.25) is 0 Å². The van der Waals surface area contributed by atoms with E-state index >= 15 is 0 Å². The summed E-state index contributed by atoms with van der Waals surface area (Å²) in [5.41, 5.74) is 1.97. The van der Waals surface area contributed by atoms with Crippen molar-refractivity contribution < 1.29 is 24.2 Å². The van der Waals surface area contributed by atoms with Gasteiger partial charge < -0.3 is 25.4 Å². The molecule has 0 saturated heterocycles. The summed E-state index contributed by atoms with van der Waals surface area (Å²) >= 11 is 0. The van der Waals surface area contributed by atoms with Gasteiger partial charge >= 0.3 is 6.09 Å². The van der Waals surface area contributed by atoms with E-state index in [2.05, 4.69) is 10.6 Å². The van der Waals surface area contributed by atoms with Gasteiger partial charge in [0.05, 0.1) is 6.61 Å². The predicted octanol–water partition coefficient (Wildman–Crippen LogP) is 3.53. The molecule has 1 aromatic carbocycles. The highest BCUT2D eigenvalue weighted by Gasteiger charge is 2.42. The molecule has 0 aromatic heterocycles. The number of alkyl carbamates (subject to hydrolysis) is 1. The molecule has 0 heterocycles. The van der Waals surface area contributed by atoms with Gasteiger partial charge in [0.15, 0.2) is 0 Å². The number of benzene rings is 1. The molecular formula is C26H41N3O5. The van der Waals surface area contributed by atoms with Crippen molar-refractivity contribution in [2.45, 2.75) is 97.4 Å². The van der Waals surface area contributed by atoms with Crippen molar-refractivity contribution in [2.75, 3.05) is 13.2 Å². The standard InChI is InChI=1S/C26H41N3O5/c1-7-8-14-27-23(31)22(20-13-12-17(2)15-18(20)3)29(19-10-9-11-19)24(32)21(16-30)28-25(33)34-26(4,5)6/h12-13,15,19,21-22,30H,7-11,14,16H2,1-6H3,(H,27,31)(H,28,33). The number of unbranched alkanes of at least 4 members (excludes halogenated alkanes) is 1. The van der Waals surface area contributed by atoms with E-state index in [1.54, 1.807) is 25.7 Å². The van der Waals surface area contributed by atoms with Crippen molar-refractivity contribution in [3.63, 3.8) is 0 Å². The van der Waals surface area contributed by atoms with Crippen LogP contribution in [-0.4, -0.2) is 58.8 Å². The minimum Gasteiger partial charge on any atom is -0.444 e. The van der Waals surface area contributed by atoms with Gasteiger partial charge in [-0.3, -0.25) is 9.59 Å². The van der Waals surface area contributed by atoms with Gasteiger partial charge in [-0.2, -0.15) is 0 Å². The molecule has 1 fully saturated rings. The maximum Gasteiger partial charge on any atom is 0.408 e. The Morgan fingerprint density at radius 2 is 1.88 bits per heavy atom. The molecule has 0 radical (unpaired) electrons. The van der Waals surface area contributed by atoms with Gasteiger partial charge in [0.2, 0.25) is 11.8 Å². The Labute approximate surface area is 203 Å². The van der Waals surface area contributed by atoms with Gasteiger partial charge in [0.25, 0.3) is 0 Å². The van der Waals surface area contributed by atoms with Gasteiger partial charge in [0.1, 0.15) is 17.7 Å². The highest BCUT2D eigenvalue weighted by atomic mass is 16.6. The SMILES string of the molecule is CCCCNC(=O)C(c1ccc(C)cc1C)N(C(=O)C(CO)NC(=O)OC(C)(C)C)C1CCC1. The van der Waals surface area contributed by atoms with Crippen molar-refractivity contribution in [3.05, 3.63) is 34.9 Å². The van der Waals surface area contributed by atoms with Crippen LogP contribution in [0.4, 0.5) is 4.79 Å². The number of hydrogen-bond donors (Lipinski definition) is 3. The Kier molecular flexibility index (Phi) is 9.91. The third-order valence-electron chi connectivity index (χ3n) is 5.97. The summed E-state index contributed by atoms with van der Waals surface area (Å²) in [4.78, 5) is 41.2. The van der Waals surface area contributed by atoms with Crippen LogP contribution in [-0.2, 0) is 14.3 Å². The van der Waals surface area contributed by atoms with Crippen molar-refractivity contribution in [1.82, 2.24) is 15.5 Å². The maximum atomic E-state index is 13.8. The second-order valence-corrected chi connectivity index (χ2v) is 10.1. The van der Waals surface area contributed by atoms with Crippen LogP contribution < -0.4 is 10.6 Å². The Hall–Kier alpha value is -2.61. The highest BCUT2D eigenvalue weighted by molar-refractivity contribution is 5.92. The molecule has 2 rings (SSSR count). The summed E-state index contributed by atoms with van der Waals surface area (Å²) in [6, 6.07) is 3.60. The number of hydrogen-bond acceptors (Lipinski definition) is 5. The van der Waals surface area contributed by atoms with Gasteiger partial charge in [-0.05, 0) is 71.4 Å². The van der Waals surface area contributed by atoms with Crippen LogP contribution >= 0.6 is 0 Å². The highest BCUT2D eigenvalue weighted by Crippen LogP contribution is 2.35. The molecule has 34 heavy (non-hydrogen) atoms. The number of rotatable bonds is 10. The normalized spacial score (nSPS) is 15.6. The minimum absolute atomic E-state index is 0.149. The molecule has 1 aliphatic carbocycles. The van der Waals surface area contributed by atoms with Crippen LogP contribution in [0.1, 0.15) is 82.5 Å². The zero-order valence-corrected chi connectivity index (χ0v) is 21.4. The van der Waals surface area contributed by atoms with Crippen LogP contribution in [0.3, 0.4) is 0 Å². The molecule has 1 aromatic rings. The number of aliphatic hydroxyl groups excluding tert-OH is 1. The molecule has 8 heteroatoms. The summed E-state index contributed by atoms with van der Waals surface area (Å²) in [6.45, 7) is 11.0. The van der Waals surface area contributed by atoms with E-state index in [1.165, 1.54) is 0 Å². The van der Waals surface area contributed by atoms with Gasteiger partial charge in [-0.15, -0.1) is 0 Å². The van der Waals surface area contributed by atoms with E-state index in [4.69, 9.17) is 4.74 Å². The van der Waals surface area contributed by atoms with Gasteiger partial charge in [-0.1, -0.05) is 37.1 Å². The third kappa shape index (κ3) is 7.45. The van der Waals surface area contributed by atoms with Gasteiger partial charge in [0, 0.05) is 12.6 Å². The number of nitrogens with zero attached hydrogens (tertiary/aromatic N) is 1. The lowest BCUT2D eigenvalue weighted by Gasteiger charge is -2.43. The van der Waals surface area contributed by atoms with Crippen molar-refractivity contribution >= 4 is 17.9 Å². The zero-order chi connectivity index (χ0) is 25.5. The molecule has 3 N–H and O–H groups in total. The van der Waals surface area contributed by atoms with Crippen molar-refractivity contribution in [3.8, 4) is 0 Å². The Morgan fingerprint density at radius 1 is 1.21 bits per heavy atom. The van der Waals surface area contributed by atoms with E-state index < -0.39 is 36.3 Å². The first-order valence-corrected chi connectivity index (χ1v) is 12.3. The average Bonchev–Trinajstić information content (AvgIpc) is 2.70. The first kappa shape index (κ1) is 27.6. The lowest BCUT2D eigenvalue weighted by Crippen LogP contribution is -2.58. The monoisotopic (exact) mass is 475 g/mol. The summed E-state index contributed by atoms with van der Waals surface area (Å²) in [5.74, 6) is -0.747. The molecule has 0 aliphatic heterocycles. The topological polar surface area (TPSA) is 108 Å². The molecule has 1 aliphatic rings. The smallest absolute Gasteiger partial charge is 0.408 e. The second-order valence-electron chi connectivity index (χ2n) is 10.1. The molecule has 0 bridgehead atoms. The first-order valence-electron chi connectivity index (χ1n) is 12.3. The van der Waals surface area contributed by atoms with E-state index in [9.17, 15) is 19.5 Å². The lowest BCUT2D eigenvalue weighted by molar-refractivity contribution is -0.148. The minimum atomic E-state index is -1.22. The number of aliphatic hydroxyl groups is 1. The first-order chi connectivity index (χ1) is 16.0. The van der Waals surface area contributed by atoms with E-state index in [1.807, 2.05) is 39.0 Å².